The third-order valence-corrected chi connectivity index (χ3v) is 4.28. The molecule has 23 heavy (non-hydrogen) atoms. The number of carbonyl (C=O) groups excluding carboxylic acids is 1. The first-order valence-electron chi connectivity index (χ1n) is 7.49. The maximum absolute atomic E-state index is 11.9. The molecule has 3 rings (SSSR count). The summed E-state index contributed by atoms with van der Waals surface area (Å²) in [6.45, 7) is 0. The summed E-state index contributed by atoms with van der Waals surface area (Å²) < 4.78 is 4.89. The van der Waals surface area contributed by atoms with Crippen molar-refractivity contribution in [3.05, 3.63) is 82.9 Å². The lowest BCUT2D eigenvalue weighted by Gasteiger charge is -2.19. The molecular weight excluding hydrogens is 308 g/mol. The SMILES string of the molecule is COC(=O)CC(c1cccc(Cl)c1)c1cccc2ccccc12. The van der Waals surface area contributed by atoms with Crippen LogP contribution in [0, 0.1) is 0 Å². The summed E-state index contributed by atoms with van der Waals surface area (Å²) in [6, 6.07) is 22.0. The van der Waals surface area contributed by atoms with Crippen molar-refractivity contribution in [1.29, 1.82) is 0 Å². The zero-order valence-corrected chi connectivity index (χ0v) is 13.6. The minimum absolute atomic E-state index is 0.0905. The van der Waals surface area contributed by atoms with Crippen molar-refractivity contribution in [2.75, 3.05) is 7.11 Å². The molecule has 0 radical (unpaired) electrons. The molecule has 0 aliphatic heterocycles. The van der Waals surface area contributed by atoms with Crippen LogP contribution in [0.4, 0.5) is 0 Å². The van der Waals surface area contributed by atoms with Gasteiger partial charge in [-0.2, -0.15) is 0 Å². The summed E-state index contributed by atoms with van der Waals surface area (Å²) in [7, 11) is 1.42. The second kappa shape index (κ2) is 6.84. The van der Waals surface area contributed by atoms with Crippen molar-refractivity contribution in [3.8, 4) is 0 Å². The second-order valence-electron chi connectivity index (χ2n) is 5.46. The summed E-state index contributed by atoms with van der Waals surface area (Å²) in [6.07, 6.45) is 0.283. The zero-order chi connectivity index (χ0) is 16.2. The summed E-state index contributed by atoms with van der Waals surface area (Å²) in [5, 5.41) is 2.96. The summed E-state index contributed by atoms with van der Waals surface area (Å²) >= 11 is 6.15. The predicted octanol–water partition coefficient (Wildman–Crippen LogP) is 5.19. The molecule has 2 nitrogen and oxygen atoms in total. The Bertz CT molecular complexity index is 836. The molecule has 0 saturated carbocycles. The third kappa shape index (κ3) is 3.38. The summed E-state index contributed by atoms with van der Waals surface area (Å²) in [4.78, 5) is 11.9. The van der Waals surface area contributed by atoms with Gasteiger partial charge in [0.15, 0.2) is 0 Å². The number of rotatable bonds is 4. The highest BCUT2D eigenvalue weighted by atomic mass is 35.5. The predicted molar refractivity (Wildman–Crippen MR) is 93.9 cm³/mol. The topological polar surface area (TPSA) is 26.3 Å². The molecule has 0 N–H and O–H groups in total. The number of hydrogen-bond donors (Lipinski definition) is 0. The van der Waals surface area contributed by atoms with E-state index in [-0.39, 0.29) is 18.3 Å². The van der Waals surface area contributed by atoms with E-state index in [1.807, 2.05) is 42.5 Å². The maximum atomic E-state index is 11.9. The summed E-state index contributed by atoms with van der Waals surface area (Å²) in [5.74, 6) is -0.324. The first-order chi connectivity index (χ1) is 11.2. The van der Waals surface area contributed by atoms with Crippen LogP contribution in [-0.4, -0.2) is 13.1 Å². The fourth-order valence-corrected chi connectivity index (χ4v) is 3.13. The Morgan fingerprint density at radius 1 is 1.04 bits per heavy atom. The molecule has 3 aromatic carbocycles. The Morgan fingerprint density at radius 2 is 1.78 bits per heavy atom. The van der Waals surface area contributed by atoms with E-state index in [1.165, 1.54) is 7.11 Å². The molecule has 1 unspecified atom stereocenters. The van der Waals surface area contributed by atoms with Gasteiger partial charge in [0, 0.05) is 10.9 Å². The number of ether oxygens (including phenoxy) is 1. The largest absolute Gasteiger partial charge is 0.469 e. The van der Waals surface area contributed by atoms with Crippen LogP contribution in [0.25, 0.3) is 10.8 Å². The van der Waals surface area contributed by atoms with Crippen LogP contribution in [0.5, 0.6) is 0 Å². The van der Waals surface area contributed by atoms with E-state index in [4.69, 9.17) is 16.3 Å². The van der Waals surface area contributed by atoms with Gasteiger partial charge in [0.25, 0.3) is 0 Å². The standard InChI is InChI=1S/C20H17ClO2/c1-23-20(22)13-19(15-8-4-9-16(21)12-15)18-11-5-7-14-6-2-3-10-17(14)18/h2-12,19H,13H2,1H3. The van der Waals surface area contributed by atoms with Gasteiger partial charge in [0.05, 0.1) is 13.5 Å². The van der Waals surface area contributed by atoms with Gasteiger partial charge in [-0.3, -0.25) is 4.79 Å². The van der Waals surface area contributed by atoms with Crippen LogP contribution in [0.3, 0.4) is 0 Å². The molecule has 1 atom stereocenters. The zero-order valence-electron chi connectivity index (χ0n) is 12.8. The normalized spacial score (nSPS) is 12.1. The van der Waals surface area contributed by atoms with Crippen LogP contribution >= 0.6 is 11.6 Å². The Hall–Kier alpha value is -2.32. The lowest BCUT2D eigenvalue weighted by molar-refractivity contribution is -0.140. The number of methoxy groups -OCH3 is 1. The van der Waals surface area contributed by atoms with E-state index >= 15 is 0 Å². The van der Waals surface area contributed by atoms with Crippen LogP contribution in [0.2, 0.25) is 5.02 Å². The van der Waals surface area contributed by atoms with Crippen molar-refractivity contribution >= 4 is 28.3 Å². The monoisotopic (exact) mass is 324 g/mol. The minimum atomic E-state index is -0.233. The van der Waals surface area contributed by atoms with Crippen LogP contribution < -0.4 is 0 Å². The van der Waals surface area contributed by atoms with Gasteiger partial charge < -0.3 is 4.74 Å². The van der Waals surface area contributed by atoms with Gasteiger partial charge in [0.2, 0.25) is 0 Å². The molecule has 0 heterocycles. The number of halogens is 1. The molecule has 0 aliphatic carbocycles. The highest BCUT2D eigenvalue weighted by Gasteiger charge is 2.20. The van der Waals surface area contributed by atoms with Gasteiger partial charge in [0.1, 0.15) is 0 Å². The molecule has 0 saturated heterocycles. The van der Waals surface area contributed by atoms with E-state index < -0.39 is 0 Å². The Morgan fingerprint density at radius 3 is 2.57 bits per heavy atom. The van der Waals surface area contributed by atoms with Crippen molar-refractivity contribution in [2.24, 2.45) is 0 Å². The molecule has 0 spiro atoms. The summed E-state index contributed by atoms with van der Waals surface area (Å²) in [5.41, 5.74) is 2.12. The quantitative estimate of drug-likeness (QED) is 0.617. The van der Waals surface area contributed by atoms with Crippen LogP contribution in [0.15, 0.2) is 66.7 Å². The van der Waals surface area contributed by atoms with E-state index in [0.717, 1.165) is 21.9 Å². The molecule has 0 fully saturated rings. The van der Waals surface area contributed by atoms with Crippen molar-refractivity contribution < 1.29 is 9.53 Å². The smallest absolute Gasteiger partial charge is 0.306 e. The maximum Gasteiger partial charge on any atom is 0.306 e. The van der Waals surface area contributed by atoms with Crippen molar-refractivity contribution in [3.63, 3.8) is 0 Å². The number of benzene rings is 3. The first-order valence-corrected chi connectivity index (χ1v) is 7.87. The molecule has 0 bridgehead atoms. The van der Waals surface area contributed by atoms with E-state index in [2.05, 4.69) is 24.3 Å². The fraction of sp³-hybridized carbons (Fsp3) is 0.150. The number of esters is 1. The van der Waals surface area contributed by atoms with Gasteiger partial charge in [-0.1, -0.05) is 66.2 Å². The van der Waals surface area contributed by atoms with Crippen LogP contribution in [0.1, 0.15) is 23.5 Å². The van der Waals surface area contributed by atoms with E-state index in [0.29, 0.717) is 5.02 Å². The van der Waals surface area contributed by atoms with Gasteiger partial charge in [-0.05, 0) is 34.0 Å². The second-order valence-corrected chi connectivity index (χ2v) is 5.89. The Labute approximate surface area is 140 Å². The molecule has 0 aromatic heterocycles. The average molecular weight is 325 g/mol. The molecule has 3 aromatic rings. The van der Waals surface area contributed by atoms with Gasteiger partial charge in [-0.25, -0.2) is 0 Å². The Kier molecular flexibility index (Phi) is 4.63. The average Bonchev–Trinajstić information content (AvgIpc) is 2.59. The van der Waals surface area contributed by atoms with Gasteiger partial charge in [-0.15, -0.1) is 0 Å². The fourth-order valence-electron chi connectivity index (χ4n) is 2.94. The third-order valence-electron chi connectivity index (χ3n) is 4.05. The number of hydrogen-bond acceptors (Lipinski definition) is 2. The minimum Gasteiger partial charge on any atom is -0.469 e. The highest BCUT2D eigenvalue weighted by Crippen LogP contribution is 2.34. The number of carbonyl (C=O) groups is 1. The first kappa shape index (κ1) is 15.6. The highest BCUT2D eigenvalue weighted by molar-refractivity contribution is 6.30. The molecule has 0 aliphatic rings. The molecule has 3 heteroatoms. The van der Waals surface area contributed by atoms with Crippen molar-refractivity contribution in [2.45, 2.75) is 12.3 Å². The van der Waals surface area contributed by atoms with Crippen molar-refractivity contribution in [1.82, 2.24) is 0 Å². The van der Waals surface area contributed by atoms with Crippen LogP contribution in [-0.2, 0) is 9.53 Å². The number of fused-ring (bicyclic) bond motifs is 1. The lowest BCUT2D eigenvalue weighted by Crippen LogP contribution is -2.10. The van der Waals surface area contributed by atoms with Gasteiger partial charge >= 0.3 is 5.97 Å². The lowest BCUT2D eigenvalue weighted by atomic mass is 9.85. The Balaban J connectivity index is 2.15. The molecule has 0 amide bonds. The molecular formula is C20H17ClO2. The van der Waals surface area contributed by atoms with E-state index in [1.54, 1.807) is 0 Å². The van der Waals surface area contributed by atoms with E-state index in [9.17, 15) is 4.79 Å². The molecule has 116 valence electrons.